The predicted octanol–water partition coefficient (Wildman–Crippen LogP) is 4.76. The summed E-state index contributed by atoms with van der Waals surface area (Å²) >= 11 is 1.89. The third-order valence-electron chi connectivity index (χ3n) is 2.71. The molecule has 0 N–H and O–H groups in total. The largest absolute Gasteiger partial charge is 0.487 e. The van der Waals surface area contributed by atoms with Gasteiger partial charge in [0.05, 0.1) is 0 Å². The van der Waals surface area contributed by atoms with Gasteiger partial charge in [-0.3, -0.25) is 0 Å². The Hall–Kier alpha value is -1.16. The topological polar surface area (TPSA) is 30.8 Å². The SMILES string of the molecule is CCC=NOCC(C)Oc1ccc(SC(C)CC)cc1. The molecule has 0 aliphatic rings. The monoisotopic (exact) mass is 295 g/mol. The molecule has 1 aromatic rings. The Labute approximate surface area is 126 Å². The Kier molecular flexibility index (Phi) is 8.19. The van der Waals surface area contributed by atoms with E-state index in [-0.39, 0.29) is 6.10 Å². The molecule has 0 radical (unpaired) electrons. The Morgan fingerprint density at radius 1 is 1.20 bits per heavy atom. The number of hydrogen-bond acceptors (Lipinski definition) is 4. The summed E-state index contributed by atoms with van der Waals surface area (Å²) in [7, 11) is 0. The van der Waals surface area contributed by atoms with Gasteiger partial charge in [0.2, 0.25) is 0 Å². The van der Waals surface area contributed by atoms with Crippen molar-refractivity contribution in [1.29, 1.82) is 0 Å². The second-order valence-corrected chi connectivity index (χ2v) is 6.24. The molecule has 0 saturated heterocycles. The highest BCUT2D eigenvalue weighted by Gasteiger charge is 2.06. The van der Waals surface area contributed by atoms with Crippen LogP contribution in [-0.2, 0) is 4.84 Å². The molecule has 0 bridgehead atoms. The molecular weight excluding hydrogens is 270 g/mol. The lowest BCUT2D eigenvalue weighted by Crippen LogP contribution is -2.17. The minimum Gasteiger partial charge on any atom is -0.487 e. The van der Waals surface area contributed by atoms with E-state index in [0.29, 0.717) is 11.9 Å². The highest BCUT2D eigenvalue weighted by molar-refractivity contribution is 7.99. The van der Waals surface area contributed by atoms with Gasteiger partial charge in [0.25, 0.3) is 0 Å². The minimum absolute atomic E-state index is 0.0166. The Morgan fingerprint density at radius 3 is 2.50 bits per heavy atom. The van der Waals surface area contributed by atoms with Gasteiger partial charge in [0.1, 0.15) is 11.9 Å². The molecule has 2 unspecified atom stereocenters. The van der Waals surface area contributed by atoms with Gasteiger partial charge < -0.3 is 9.57 Å². The number of thioether (sulfide) groups is 1. The fourth-order valence-corrected chi connectivity index (χ4v) is 2.38. The average molecular weight is 295 g/mol. The standard InChI is InChI=1S/C16H25NO2S/c1-5-11-17-18-12-13(3)19-15-7-9-16(10-8-15)20-14(4)6-2/h7-11,13-14H,5-6,12H2,1-4H3. The summed E-state index contributed by atoms with van der Waals surface area (Å²) in [4.78, 5) is 6.42. The van der Waals surface area contributed by atoms with Crippen molar-refractivity contribution in [3.05, 3.63) is 24.3 Å². The van der Waals surface area contributed by atoms with Gasteiger partial charge in [0.15, 0.2) is 6.61 Å². The molecule has 1 rings (SSSR count). The van der Waals surface area contributed by atoms with E-state index >= 15 is 0 Å². The molecule has 0 saturated carbocycles. The summed E-state index contributed by atoms with van der Waals surface area (Å²) < 4.78 is 5.77. The van der Waals surface area contributed by atoms with Gasteiger partial charge in [-0.2, -0.15) is 0 Å². The number of ether oxygens (including phenoxy) is 1. The number of nitrogens with zero attached hydrogens (tertiary/aromatic N) is 1. The van der Waals surface area contributed by atoms with Crippen LogP contribution in [0, 0.1) is 0 Å². The fourth-order valence-electron chi connectivity index (χ4n) is 1.45. The molecule has 0 amide bonds. The zero-order chi connectivity index (χ0) is 14.8. The number of rotatable bonds is 9. The fraction of sp³-hybridized carbons (Fsp3) is 0.562. The van der Waals surface area contributed by atoms with E-state index in [0.717, 1.165) is 12.2 Å². The summed E-state index contributed by atoms with van der Waals surface area (Å²) in [6.07, 6.45) is 3.78. The Morgan fingerprint density at radius 2 is 1.90 bits per heavy atom. The first kappa shape index (κ1) is 16.9. The molecule has 0 heterocycles. The second-order valence-electron chi connectivity index (χ2n) is 4.73. The summed E-state index contributed by atoms with van der Waals surface area (Å²) in [5.41, 5.74) is 0. The maximum Gasteiger partial charge on any atom is 0.153 e. The van der Waals surface area contributed by atoms with Crippen LogP contribution in [0.3, 0.4) is 0 Å². The van der Waals surface area contributed by atoms with Crippen molar-refractivity contribution in [2.45, 2.75) is 56.8 Å². The van der Waals surface area contributed by atoms with Crippen molar-refractivity contribution in [3.63, 3.8) is 0 Å². The third kappa shape index (κ3) is 6.85. The lowest BCUT2D eigenvalue weighted by molar-refractivity contribution is 0.0635. The lowest BCUT2D eigenvalue weighted by Gasteiger charge is -2.14. The molecule has 1 aromatic carbocycles. The normalized spacial score (nSPS) is 14.2. The molecule has 0 aromatic heterocycles. The van der Waals surface area contributed by atoms with E-state index in [1.54, 1.807) is 6.21 Å². The maximum atomic E-state index is 5.77. The first-order valence-electron chi connectivity index (χ1n) is 7.22. The molecule has 0 fully saturated rings. The van der Waals surface area contributed by atoms with E-state index in [1.807, 2.05) is 37.7 Å². The molecular formula is C16H25NO2S. The van der Waals surface area contributed by atoms with E-state index in [2.05, 4.69) is 31.1 Å². The van der Waals surface area contributed by atoms with Crippen LogP contribution in [0.5, 0.6) is 5.75 Å². The van der Waals surface area contributed by atoms with Crippen LogP contribution in [0.2, 0.25) is 0 Å². The highest BCUT2D eigenvalue weighted by Crippen LogP contribution is 2.26. The first-order valence-corrected chi connectivity index (χ1v) is 8.10. The van der Waals surface area contributed by atoms with E-state index in [1.165, 1.54) is 11.3 Å². The van der Waals surface area contributed by atoms with Crippen LogP contribution in [0.4, 0.5) is 0 Å². The van der Waals surface area contributed by atoms with Crippen molar-refractivity contribution in [2.24, 2.45) is 5.16 Å². The van der Waals surface area contributed by atoms with Crippen molar-refractivity contribution >= 4 is 18.0 Å². The minimum atomic E-state index is -0.0166. The zero-order valence-corrected chi connectivity index (χ0v) is 13.7. The molecule has 0 aliphatic heterocycles. The van der Waals surface area contributed by atoms with Crippen LogP contribution in [-0.4, -0.2) is 24.2 Å². The van der Waals surface area contributed by atoms with Crippen molar-refractivity contribution < 1.29 is 9.57 Å². The summed E-state index contributed by atoms with van der Waals surface area (Å²) in [5.74, 6) is 0.870. The van der Waals surface area contributed by atoms with Gasteiger partial charge in [-0.05, 0) is 44.0 Å². The molecule has 0 aliphatic carbocycles. The van der Waals surface area contributed by atoms with E-state index < -0.39 is 0 Å². The summed E-state index contributed by atoms with van der Waals surface area (Å²) in [6.45, 7) is 8.90. The lowest BCUT2D eigenvalue weighted by atomic mass is 10.3. The van der Waals surface area contributed by atoms with Crippen molar-refractivity contribution in [3.8, 4) is 5.75 Å². The Bertz CT molecular complexity index is 392. The third-order valence-corrected chi connectivity index (χ3v) is 3.99. The van der Waals surface area contributed by atoms with Gasteiger partial charge in [0, 0.05) is 16.4 Å². The molecule has 3 nitrogen and oxygen atoms in total. The number of benzene rings is 1. The van der Waals surface area contributed by atoms with Gasteiger partial charge in [-0.1, -0.05) is 25.9 Å². The zero-order valence-electron chi connectivity index (χ0n) is 12.8. The van der Waals surface area contributed by atoms with Crippen LogP contribution >= 0.6 is 11.8 Å². The second kappa shape index (κ2) is 9.70. The highest BCUT2D eigenvalue weighted by atomic mass is 32.2. The molecule has 20 heavy (non-hydrogen) atoms. The quantitative estimate of drug-likeness (QED) is 0.374. The summed E-state index contributed by atoms with van der Waals surface area (Å²) in [5, 5.41) is 4.46. The van der Waals surface area contributed by atoms with E-state index in [9.17, 15) is 0 Å². The van der Waals surface area contributed by atoms with Crippen molar-refractivity contribution in [2.75, 3.05) is 6.61 Å². The summed E-state index contributed by atoms with van der Waals surface area (Å²) in [6, 6.07) is 8.23. The van der Waals surface area contributed by atoms with Gasteiger partial charge >= 0.3 is 0 Å². The molecule has 4 heteroatoms. The van der Waals surface area contributed by atoms with Crippen molar-refractivity contribution in [1.82, 2.24) is 0 Å². The number of oxime groups is 1. The molecule has 112 valence electrons. The van der Waals surface area contributed by atoms with Crippen LogP contribution in [0.25, 0.3) is 0 Å². The van der Waals surface area contributed by atoms with Gasteiger partial charge in [-0.25, -0.2) is 0 Å². The van der Waals surface area contributed by atoms with E-state index in [4.69, 9.17) is 9.57 Å². The van der Waals surface area contributed by atoms with Gasteiger partial charge in [-0.15, -0.1) is 11.8 Å². The van der Waals surface area contributed by atoms with Crippen LogP contribution in [0.1, 0.15) is 40.5 Å². The first-order chi connectivity index (χ1) is 9.65. The maximum absolute atomic E-state index is 5.77. The van der Waals surface area contributed by atoms with Crippen LogP contribution in [0.15, 0.2) is 34.3 Å². The van der Waals surface area contributed by atoms with Crippen LogP contribution < -0.4 is 4.74 Å². The smallest absolute Gasteiger partial charge is 0.153 e. The predicted molar refractivity (Wildman–Crippen MR) is 86.9 cm³/mol. The molecule has 0 spiro atoms. The average Bonchev–Trinajstić information content (AvgIpc) is 2.45. The molecule has 2 atom stereocenters. The number of hydrogen-bond donors (Lipinski definition) is 0. The Balaban J connectivity index is 2.38.